The van der Waals surface area contributed by atoms with Gasteiger partial charge in [0.15, 0.2) is 5.78 Å². The van der Waals surface area contributed by atoms with Crippen LogP contribution in [0.5, 0.6) is 0 Å². The van der Waals surface area contributed by atoms with E-state index < -0.39 is 28.9 Å². The first-order chi connectivity index (χ1) is 8.91. The lowest BCUT2D eigenvalue weighted by atomic mass is 10.0. The highest BCUT2D eigenvalue weighted by Gasteiger charge is 2.35. The van der Waals surface area contributed by atoms with Crippen LogP contribution in [0.25, 0.3) is 0 Å². The van der Waals surface area contributed by atoms with Crippen molar-refractivity contribution in [3.05, 3.63) is 59.4 Å². The second kappa shape index (κ2) is 4.75. The number of rotatable bonds is 2. The Balaban J connectivity index is 2.50. The van der Waals surface area contributed by atoms with Crippen LogP contribution in [0.3, 0.4) is 0 Å². The van der Waals surface area contributed by atoms with Gasteiger partial charge in [-0.1, -0.05) is 6.07 Å². The van der Waals surface area contributed by atoms with Crippen molar-refractivity contribution in [1.29, 1.82) is 0 Å². The lowest BCUT2D eigenvalue weighted by Gasteiger charge is -2.10. The van der Waals surface area contributed by atoms with Crippen molar-refractivity contribution in [3.63, 3.8) is 0 Å². The van der Waals surface area contributed by atoms with E-state index >= 15 is 0 Å². The number of halogens is 4. The number of ketones is 1. The molecule has 1 heterocycles. The Morgan fingerprint density at radius 1 is 1.11 bits per heavy atom. The third-order valence-electron chi connectivity index (χ3n) is 2.37. The second-order valence-corrected chi connectivity index (χ2v) is 3.62. The predicted molar refractivity (Wildman–Crippen MR) is 56.9 cm³/mol. The van der Waals surface area contributed by atoms with Crippen LogP contribution >= 0.6 is 0 Å². The van der Waals surface area contributed by atoms with Crippen LogP contribution in [0.4, 0.5) is 17.6 Å². The maximum absolute atomic E-state index is 13.7. The van der Waals surface area contributed by atoms with Crippen LogP contribution in [0.15, 0.2) is 36.9 Å². The van der Waals surface area contributed by atoms with Crippen LogP contribution < -0.4 is 0 Å². The van der Waals surface area contributed by atoms with E-state index in [4.69, 9.17) is 0 Å². The van der Waals surface area contributed by atoms with E-state index in [9.17, 15) is 22.4 Å². The fourth-order valence-electron chi connectivity index (χ4n) is 1.50. The molecule has 19 heavy (non-hydrogen) atoms. The Morgan fingerprint density at radius 2 is 1.74 bits per heavy atom. The molecule has 7 heteroatoms. The van der Waals surface area contributed by atoms with Crippen molar-refractivity contribution in [2.45, 2.75) is 6.18 Å². The van der Waals surface area contributed by atoms with Crippen molar-refractivity contribution in [1.82, 2.24) is 9.97 Å². The SMILES string of the molecule is O=C(c1cncnc1)c1cccc(C(F)(F)F)c1F. The van der Waals surface area contributed by atoms with E-state index in [1.54, 1.807) is 0 Å². The number of alkyl halides is 3. The average Bonchev–Trinajstić information content (AvgIpc) is 2.38. The summed E-state index contributed by atoms with van der Waals surface area (Å²) in [6.07, 6.45) is -1.49. The van der Waals surface area contributed by atoms with E-state index in [0.717, 1.165) is 30.9 Å². The topological polar surface area (TPSA) is 42.9 Å². The smallest absolute Gasteiger partial charge is 0.288 e. The van der Waals surface area contributed by atoms with E-state index in [-0.39, 0.29) is 5.56 Å². The molecule has 98 valence electrons. The number of hydrogen-bond donors (Lipinski definition) is 0. The molecule has 0 unspecified atom stereocenters. The molecule has 0 bridgehead atoms. The largest absolute Gasteiger partial charge is 0.419 e. The molecule has 0 fully saturated rings. The Labute approximate surface area is 104 Å². The van der Waals surface area contributed by atoms with Gasteiger partial charge < -0.3 is 0 Å². The average molecular weight is 270 g/mol. The number of carbonyl (C=O) groups excluding carboxylic acids is 1. The molecule has 0 aliphatic rings. The fourth-order valence-corrected chi connectivity index (χ4v) is 1.50. The summed E-state index contributed by atoms with van der Waals surface area (Å²) in [4.78, 5) is 19.0. The molecule has 0 spiro atoms. The van der Waals surface area contributed by atoms with Crippen LogP contribution in [0.2, 0.25) is 0 Å². The van der Waals surface area contributed by atoms with Crippen molar-refractivity contribution in [2.24, 2.45) is 0 Å². The van der Waals surface area contributed by atoms with Crippen LogP contribution in [-0.2, 0) is 6.18 Å². The van der Waals surface area contributed by atoms with Gasteiger partial charge in [0, 0.05) is 12.4 Å². The van der Waals surface area contributed by atoms with Gasteiger partial charge in [-0.15, -0.1) is 0 Å². The third kappa shape index (κ3) is 2.59. The van der Waals surface area contributed by atoms with Crippen molar-refractivity contribution in [2.75, 3.05) is 0 Å². The first-order valence-electron chi connectivity index (χ1n) is 5.06. The van der Waals surface area contributed by atoms with Gasteiger partial charge in [0.25, 0.3) is 0 Å². The summed E-state index contributed by atoms with van der Waals surface area (Å²) in [7, 11) is 0. The zero-order chi connectivity index (χ0) is 14.0. The summed E-state index contributed by atoms with van der Waals surface area (Å²) >= 11 is 0. The number of benzene rings is 1. The van der Waals surface area contributed by atoms with Crippen LogP contribution in [-0.4, -0.2) is 15.8 Å². The highest BCUT2D eigenvalue weighted by molar-refractivity contribution is 6.08. The molecule has 0 amide bonds. The molecule has 1 aromatic carbocycles. The molecule has 0 radical (unpaired) electrons. The zero-order valence-electron chi connectivity index (χ0n) is 9.28. The number of carbonyl (C=O) groups is 1. The highest BCUT2D eigenvalue weighted by Crippen LogP contribution is 2.32. The monoisotopic (exact) mass is 270 g/mol. The lowest BCUT2D eigenvalue weighted by Crippen LogP contribution is -2.13. The molecule has 2 rings (SSSR count). The van der Waals surface area contributed by atoms with Gasteiger partial charge >= 0.3 is 6.18 Å². The molecular formula is C12H6F4N2O. The van der Waals surface area contributed by atoms with Gasteiger partial charge in [-0.25, -0.2) is 14.4 Å². The summed E-state index contributed by atoms with van der Waals surface area (Å²) in [5.74, 6) is -2.49. The molecule has 1 aromatic heterocycles. The standard InChI is InChI=1S/C12H6F4N2O/c13-10-8(2-1-3-9(10)12(14,15)16)11(19)7-4-17-6-18-5-7/h1-6H. The summed E-state index contributed by atoms with van der Waals surface area (Å²) < 4.78 is 51.3. The van der Waals surface area contributed by atoms with E-state index in [2.05, 4.69) is 9.97 Å². The molecule has 0 atom stereocenters. The summed E-state index contributed by atoms with van der Waals surface area (Å²) in [5.41, 5.74) is -2.22. The quantitative estimate of drug-likeness (QED) is 0.622. The second-order valence-electron chi connectivity index (χ2n) is 3.62. The first kappa shape index (κ1) is 13.1. The predicted octanol–water partition coefficient (Wildman–Crippen LogP) is 2.87. The normalized spacial score (nSPS) is 11.4. The van der Waals surface area contributed by atoms with Crippen molar-refractivity contribution in [3.8, 4) is 0 Å². The summed E-state index contributed by atoms with van der Waals surface area (Å²) in [6.45, 7) is 0. The van der Waals surface area contributed by atoms with E-state index in [0.29, 0.717) is 6.07 Å². The molecule has 2 aromatic rings. The van der Waals surface area contributed by atoms with Crippen LogP contribution in [0, 0.1) is 5.82 Å². The maximum Gasteiger partial charge on any atom is 0.419 e. The third-order valence-corrected chi connectivity index (χ3v) is 2.37. The molecule has 0 aliphatic carbocycles. The van der Waals surface area contributed by atoms with Gasteiger partial charge in [0.1, 0.15) is 12.1 Å². The molecule has 0 aliphatic heterocycles. The first-order valence-corrected chi connectivity index (χ1v) is 5.06. The number of nitrogens with zero attached hydrogens (tertiary/aromatic N) is 2. The Morgan fingerprint density at radius 3 is 2.32 bits per heavy atom. The van der Waals surface area contributed by atoms with E-state index in [1.807, 2.05) is 0 Å². The Kier molecular flexibility index (Phi) is 3.28. The Hall–Kier alpha value is -2.31. The minimum Gasteiger partial charge on any atom is -0.288 e. The van der Waals surface area contributed by atoms with Gasteiger partial charge in [0.05, 0.1) is 16.7 Å². The zero-order valence-corrected chi connectivity index (χ0v) is 9.28. The van der Waals surface area contributed by atoms with Gasteiger partial charge in [-0.05, 0) is 12.1 Å². The maximum atomic E-state index is 13.7. The number of hydrogen-bond acceptors (Lipinski definition) is 3. The van der Waals surface area contributed by atoms with Gasteiger partial charge in [-0.3, -0.25) is 4.79 Å². The minimum absolute atomic E-state index is 0.0827. The Bertz CT molecular complexity index is 611. The van der Waals surface area contributed by atoms with Gasteiger partial charge in [-0.2, -0.15) is 13.2 Å². The minimum atomic E-state index is -4.85. The molecule has 3 nitrogen and oxygen atoms in total. The molecule has 0 saturated heterocycles. The highest BCUT2D eigenvalue weighted by atomic mass is 19.4. The molecule has 0 N–H and O–H groups in total. The number of aromatic nitrogens is 2. The van der Waals surface area contributed by atoms with Crippen molar-refractivity contribution >= 4 is 5.78 Å². The molecule has 0 saturated carbocycles. The van der Waals surface area contributed by atoms with Crippen molar-refractivity contribution < 1.29 is 22.4 Å². The molecular weight excluding hydrogens is 264 g/mol. The van der Waals surface area contributed by atoms with Gasteiger partial charge in [0.2, 0.25) is 0 Å². The van der Waals surface area contributed by atoms with E-state index in [1.165, 1.54) is 0 Å². The van der Waals surface area contributed by atoms with Crippen LogP contribution in [0.1, 0.15) is 21.5 Å². The lowest BCUT2D eigenvalue weighted by molar-refractivity contribution is -0.140. The summed E-state index contributed by atoms with van der Waals surface area (Å²) in [5, 5.41) is 0. The fraction of sp³-hybridized carbons (Fsp3) is 0.0833. The summed E-state index contributed by atoms with van der Waals surface area (Å²) in [6, 6.07) is 2.54.